The van der Waals surface area contributed by atoms with E-state index in [1.54, 1.807) is 6.92 Å². The van der Waals surface area contributed by atoms with E-state index in [4.69, 9.17) is 2.74 Å². The molecule has 3 aromatic heterocycles. The molecule has 0 aliphatic rings. The van der Waals surface area contributed by atoms with Gasteiger partial charge in [-0.2, -0.15) is 0 Å². The summed E-state index contributed by atoms with van der Waals surface area (Å²) in [6, 6.07) is 52.3. The third-order valence-electron chi connectivity index (χ3n) is 14.5. The van der Waals surface area contributed by atoms with Crippen molar-refractivity contribution in [1.82, 2.24) is 0 Å². The zero-order valence-corrected chi connectivity index (χ0v) is 45.8. The Hall–Kier alpha value is -7.23. The molecule has 72 heavy (non-hydrogen) atoms. The Morgan fingerprint density at radius 3 is 0.958 bits per heavy atom. The van der Waals surface area contributed by atoms with Gasteiger partial charge < -0.3 is 0 Å². The van der Waals surface area contributed by atoms with Crippen LogP contribution in [0.3, 0.4) is 0 Å². The van der Waals surface area contributed by atoms with Crippen LogP contribution in [0, 0.1) is 62.3 Å². The summed E-state index contributed by atoms with van der Waals surface area (Å²) in [5.41, 5.74) is 30.2. The van der Waals surface area contributed by atoms with E-state index in [0.717, 1.165) is 29.7 Å². The lowest BCUT2D eigenvalue weighted by molar-refractivity contribution is -0.661. The molecule has 3 heterocycles. The van der Waals surface area contributed by atoms with Crippen LogP contribution in [0.1, 0.15) is 90.3 Å². The molecule has 0 amide bonds. The fraction of sp³-hybridized carbons (Fsp3) is 0.261. The normalized spacial score (nSPS) is 11.5. The average molecular weight is 951 g/mol. The second-order valence-electron chi connectivity index (χ2n) is 19.8. The van der Waals surface area contributed by atoms with E-state index in [1.165, 1.54) is 117 Å². The SMILES string of the molecule is CCc1c[n+](C)c(-c2cc(-c3ccccc3)c(C)cc2C)cc1C.CCc1cc(-c2cc(-c3ccccc3)c(C)cc2C)[n+](C)cc1C.[2H]C([2H])(C)c1c[n+](C)c(-c2cc(-c3ccccc3)c(C)cc2C)cc1C. The lowest BCUT2D eigenvalue weighted by Crippen LogP contribution is -2.32. The highest BCUT2D eigenvalue weighted by atomic mass is 14.9. The lowest BCUT2D eigenvalue weighted by Gasteiger charge is -2.13. The summed E-state index contributed by atoms with van der Waals surface area (Å²) in [4.78, 5) is 0. The number of aryl methyl sites for hydroxylation is 15. The van der Waals surface area contributed by atoms with Crippen LogP contribution in [-0.4, -0.2) is 0 Å². The van der Waals surface area contributed by atoms with Gasteiger partial charge in [0.2, 0.25) is 17.1 Å². The zero-order chi connectivity index (χ0) is 53.6. The first-order valence-electron chi connectivity index (χ1n) is 26.7. The highest BCUT2D eigenvalue weighted by Crippen LogP contribution is 2.35. The Labute approximate surface area is 436 Å². The topological polar surface area (TPSA) is 11.6 Å². The molecule has 0 unspecified atom stereocenters. The minimum Gasteiger partial charge on any atom is -0.201 e. The van der Waals surface area contributed by atoms with Crippen molar-refractivity contribution in [1.29, 1.82) is 0 Å². The van der Waals surface area contributed by atoms with Crippen molar-refractivity contribution in [2.45, 2.75) is 102 Å². The molecule has 9 rings (SSSR count). The standard InChI is InChI=1S/3C23H26N/c2*1-6-19-15-24(5)23(13-16(19)2)22-14-21(17(3)12-18(22)4)20-10-8-7-9-11-20;1-6-19-13-23(24(5)15-18(19)4)22-14-21(16(2)12-17(22)3)20-10-8-7-9-11-20/h3*7-15H,6H2,1-5H3/q3*+1/i6D2;;. The summed E-state index contributed by atoms with van der Waals surface area (Å²) >= 11 is 0. The number of benzene rings is 6. The average Bonchev–Trinajstić information content (AvgIpc) is 3.36. The molecule has 0 spiro atoms. The van der Waals surface area contributed by atoms with E-state index in [2.05, 4.69) is 244 Å². The van der Waals surface area contributed by atoms with Gasteiger partial charge in [0.05, 0.1) is 0 Å². The monoisotopic (exact) mass is 951 g/mol. The fourth-order valence-electron chi connectivity index (χ4n) is 10.4. The van der Waals surface area contributed by atoms with Crippen LogP contribution in [0.25, 0.3) is 67.2 Å². The second kappa shape index (κ2) is 23.3. The highest BCUT2D eigenvalue weighted by Gasteiger charge is 2.21. The highest BCUT2D eigenvalue weighted by molar-refractivity contribution is 5.78. The van der Waals surface area contributed by atoms with Gasteiger partial charge in [-0.15, -0.1) is 0 Å². The predicted molar refractivity (Wildman–Crippen MR) is 306 cm³/mol. The molecule has 0 atom stereocenters. The maximum Gasteiger partial charge on any atom is 0.212 e. The van der Waals surface area contributed by atoms with Crippen LogP contribution < -0.4 is 13.7 Å². The van der Waals surface area contributed by atoms with Gasteiger partial charge in [0.1, 0.15) is 21.1 Å². The molecule has 0 radical (unpaired) electrons. The van der Waals surface area contributed by atoms with E-state index >= 15 is 0 Å². The van der Waals surface area contributed by atoms with Gasteiger partial charge in [0.25, 0.3) is 0 Å². The molecule has 0 bridgehead atoms. The smallest absolute Gasteiger partial charge is 0.201 e. The van der Waals surface area contributed by atoms with Gasteiger partial charge >= 0.3 is 0 Å². The Morgan fingerprint density at radius 2 is 0.611 bits per heavy atom. The number of hydrogen-bond acceptors (Lipinski definition) is 0. The van der Waals surface area contributed by atoms with Crippen molar-refractivity contribution in [2.24, 2.45) is 21.1 Å². The molecule has 0 aliphatic heterocycles. The minimum atomic E-state index is -1.35. The Bertz CT molecular complexity index is 3440. The van der Waals surface area contributed by atoms with E-state index in [0.29, 0.717) is 0 Å². The number of nitrogens with zero attached hydrogens (tertiary/aromatic N) is 3. The van der Waals surface area contributed by atoms with Crippen LogP contribution in [0.2, 0.25) is 0 Å². The molecule has 3 nitrogen and oxygen atoms in total. The molecule has 0 aliphatic carbocycles. The fourth-order valence-corrected chi connectivity index (χ4v) is 10.4. The van der Waals surface area contributed by atoms with Gasteiger partial charge in [-0.05, 0) is 183 Å². The van der Waals surface area contributed by atoms with Crippen molar-refractivity contribution in [3.05, 3.63) is 231 Å². The van der Waals surface area contributed by atoms with Crippen molar-refractivity contribution >= 4 is 0 Å². The van der Waals surface area contributed by atoms with Crippen molar-refractivity contribution < 1.29 is 16.4 Å². The molecule has 6 aromatic carbocycles. The lowest BCUT2D eigenvalue weighted by atomic mass is 9.92. The molecule has 0 N–H and O–H groups in total. The molecule has 0 saturated carbocycles. The molecule has 0 fully saturated rings. The number of aromatic nitrogens is 3. The van der Waals surface area contributed by atoms with E-state index in [9.17, 15) is 0 Å². The van der Waals surface area contributed by atoms with Crippen molar-refractivity contribution in [3.63, 3.8) is 0 Å². The molecule has 9 aromatic rings. The van der Waals surface area contributed by atoms with Crippen LogP contribution in [0.5, 0.6) is 0 Å². The summed E-state index contributed by atoms with van der Waals surface area (Å²) in [6.45, 7) is 25.6. The summed E-state index contributed by atoms with van der Waals surface area (Å²) in [6.07, 6.45) is 7.23. The summed E-state index contributed by atoms with van der Waals surface area (Å²) < 4.78 is 22.7. The first-order chi connectivity index (χ1) is 35.2. The molecular weight excluding hydrogens is 871 g/mol. The zero-order valence-electron chi connectivity index (χ0n) is 47.8. The third-order valence-corrected chi connectivity index (χ3v) is 14.5. The third kappa shape index (κ3) is 11.7. The van der Waals surface area contributed by atoms with Crippen molar-refractivity contribution in [2.75, 3.05) is 0 Å². The minimum absolute atomic E-state index is 0.733. The van der Waals surface area contributed by atoms with Gasteiger partial charge in [-0.1, -0.05) is 130 Å². The molecular formula is C69H78N3+3. The predicted octanol–water partition coefficient (Wildman–Crippen LogP) is 16.0. The van der Waals surface area contributed by atoms with E-state index in [-0.39, 0.29) is 0 Å². The van der Waals surface area contributed by atoms with E-state index in [1.807, 2.05) is 30.8 Å². The van der Waals surface area contributed by atoms with Crippen LogP contribution >= 0.6 is 0 Å². The molecule has 366 valence electrons. The van der Waals surface area contributed by atoms with Gasteiger partial charge in [0.15, 0.2) is 18.6 Å². The second-order valence-corrected chi connectivity index (χ2v) is 19.8. The summed E-state index contributed by atoms with van der Waals surface area (Å²) in [7, 11) is 6.28. The number of rotatable bonds is 9. The number of pyridine rings is 3. The quantitative estimate of drug-likeness (QED) is 0.128. The van der Waals surface area contributed by atoms with Crippen LogP contribution in [0.4, 0.5) is 0 Å². The summed E-state index contributed by atoms with van der Waals surface area (Å²) in [5.74, 6) is 0. The largest absolute Gasteiger partial charge is 0.212 e. The van der Waals surface area contributed by atoms with Crippen molar-refractivity contribution in [3.8, 4) is 67.2 Å². The Morgan fingerprint density at radius 1 is 0.306 bits per heavy atom. The van der Waals surface area contributed by atoms with Gasteiger partial charge in [0, 0.05) is 54.3 Å². The van der Waals surface area contributed by atoms with Crippen LogP contribution in [-0.2, 0) is 40.4 Å². The van der Waals surface area contributed by atoms with Gasteiger partial charge in [-0.25, -0.2) is 13.7 Å². The first-order valence-corrected chi connectivity index (χ1v) is 25.7. The van der Waals surface area contributed by atoms with Crippen LogP contribution in [0.15, 0.2) is 164 Å². The number of hydrogen-bond donors (Lipinski definition) is 0. The summed E-state index contributed by atoms with van der Waals surface area (Å²) in [5, 5.41) is 0. The maximum absolute atomic E-state index is 8.06. The molecule has 3 heteroatoms. The first kappa shape index (κ1) is 49.7. The molecule has 0 saturated heterocycles. The van der Waals surface area contributed by atoms with Gasteiger partial charge in [-0.3, -0.25) is 0 Å². The van der Waals surface area contributed by atoms with E-state index < -0.39 is 6.37 Å². The maximum atomic E-state index is 8.06. The Balaban J connectivity index is 0.000000162. The Kier molecular flexibility index (Phi) is 16.1.